The second kappa shape index (κ2) is 10.7. The quantitative estimate of drug-likeness (QED) is 0.380. The number of sulfonamides is 1. The summed E-state index contributed by atoms with van der Waals surface area (Å²) in [5, 5.41) is 3.90. The van der Waals surface area contributed by atoms with E-state index in [1.807, 2.05) is 13.8 Å². The molecule has 9 heteroatoms. The number of hydrogen-bond acceptors (Lipinski definition) is 5. The van der Waals surface area contributed by atoms with Gasteiger partial charge in [-0.1, -0.05) is 18.2 Å². The van der Waals surface area contributed by atoms with Gasteiger partial charge < -0.3 is 4.74 Å². The number of amides is 1. The van der Waals surface area contributed by atoms with Crippen LogP contribution in [0.3, 0.4) is 0 Å². The van der Waals surface area contributed by atoms with Crippen molar-refractivity contribution in [3.05, 3.63) is 90.2 Å². The molecule has 3 rings (SSSR count). The zero-order valence-electron chi connectivity index (χ0n) is 18.2. The van der Waals surface area contributed by atoms with E-state index in [1.54, 1.807) is 42.5 Å². The summed E-state index contributed by atoms with van der Waals surface area (Å²) >= 11 is 0. The molecule has 0 atom stereocenters. The Kier molecular flexibility index (Phi) is 7.78. The first-order chi connectivity index (χ1) is 15.8. The zero-order valence-corrected chi connectivity index (χ0v) is 19.0. The molecule has 7 nitrogen and oxygen atoms in total. The van der Waals surface area contributed by atoms with Crippen LogP contribution in [0.2, 0.25) is 0 Å². The van der Waals surface area contributed by atoms with Gasteiger partial charge in [-0.3, -0.25) is 9.10 Å². The van der Waals surface area contributed by atoms with E-state index in [9.17, 15) is 17.6 Å². The predicted octanol–water partition coefficient (Wildman–Crippen LogP) is 3.96. The third-order valence-electron chi connectivity index (χ3n) is 4.39. The van der Waals surface area contributed by atoms with Crippen molar-refractivity contribution < 1.29 is 22.3 Å². The maximum Gasteiger partial charge on any atom is 0.264 e. The summed E-state index contributed by atoms with van der Waals surface area (Å²) in [6.07, 6.45) is 1.49. The number of nitrogens with zero attached hydrogens (tertiary/aromatic N) is 2. The van der Waals surface area contributed by atoms with E-state index in [2.05, 4.69) is 10.5 Å². The van der Waals surface area contributed by atoms with Gasteiger partial charge in [-0.15, -0.1) is 0 Å². The molecule has 33 heavy (non-hydrogen) atoms. The van der Waals surface area contributed by atoms with Gasteiger partial charge in [0.15, 0.2) is 0 Å². The predicted molar refractivity (Wildman–Crippen MR) is 125 cm³/mol. The average molecular weight is 470 g/mol. The number of nitrogens with one attached hydrogen (secondary N) is 1. The van der Waals surface area contributed by atoms with Crippen molar-refractivity contribution in [1.82, 2.24) is 5.43 Å². The summed E-state index contributed by atoms with van der Waals surface area (Å²) in [6, 6.07) is 19.7. The van der Waals surface area contributed by atoms with Crippen LogP contribution >= 0.6 is 0 Å². The average Bonchev–Trinajstić information content (AvgIpc) is 2.79. The molecular formula is C24H24FN3O4S. The van der Waals surface area contributed by atoms with E-state index in [0.717, 1.165) is 22.0 Å². The minimum atomic E-state index is -4.07. The van der Waals surface area contributed by atoms with Crippen LogP contribution in [0.1, 0.15) is 19.4 Å². The van der Waals surface area contributed by atoms with Gasteiger partial charge in [0.25, 0.3) is 15.9 Å². The number of rotatable bonds is 9. The summed E-state index contributed by atoms with van der Waals surface area (Å²) in [6.45, 7) is 3.32. The molecular weight excluding hydrogens is 445 g/mol. The van der Waals surface area contributed by atoms with E-state index in [4.69, 9.17) is 4.74 Å². The third kappa shape index (κ3) is 6.63. The second-order valence-corrected chi connectivity index (χ2v) is 9.19. The number of ether oxygens (including phenoxy) is 1. The molecule has 0 bridgehead atoms. The first-order valence-corrected chi connectivity index (χ1v) is 11.6. The van der Waals surface area contributed by atoms with Crippen molar-refractivity contribution in [3.8, 4) is 5.75 Å². The number of carbonyl (C=O) groups excluding carboxylic acids is 1. The van der Waals surface area contributed by atoms with Crippen LogP contribution in [-0.4, -0.2) is 33.2 Å². The summed E-state index contributed by atoms with van der Waals surface area (Å²) < 4.78 is 46.2. The topological polar surface area (TPSA) is 88.1 Å². The van der Waals surface area contributed by atoms with Gasteiger partial charge in [0.2, 0.25) is 0 Å². The summed E-state index contributed by atoms with van der Waals surface area (Å²) in [7, 11) is -4.07. The van der Waals surface area contributed by atoms with Crippen molar-refractivity contribution in [3.63, 3.8) is 0 Å². The van der Waals surface area contributed by atoms with Gasteiger partial charge in [0.1, 0.15) is 18.1 Å². The van der Waals surface area contributed by atoms with E-state index in [-0.39, 0.29) is 16.7 Å². The highest BCUT2D eigenvalue weighted by Gasteiger charge is 2.27. The molecule has 0 unspecified atom stereocenters. The van der Waals surface area contributed by atoms with Crippen LogP contribution in [0, 0.1) is 5.82 Å². The molecule has 0 aliphatic rings. The van der Waals surface area contributed by atoms with Crippen molar-refractivity contribution >= 4 is 27.8 Å². The van der Waals surface area contributed by atoms with Gasteiger partial charge in [0, 0.05) is 0 Å². The number of hydrazone groups is 1. The molecule has 0 aromatic heterocycles. The highest BCUT2D eigenvalue weighted by atomic mass is 32.2. The lowest BCUT2D eigenvalue weighted by molar-refractivity contribution is -0.119. The number of anilines is 1. The zero-order chi connectivity index (χ0) is 23.8. The molecule has 0 aliphatic carbocycles. The normalized spacial score (nSPS) is 11.5. The number of halogens is 1. The van der Waals surface area contributed by atoms with Gasteiger partial charge in [0.05, 0.1) is 22.9 Å². The highest BCUT2D eigenvalue weighted by molar-refractivity contribution is 7.92. The van der Waals surface area contributed by atoms with Crippen molar-refractivity contribution in [2.24, 2.45) is 5.10 Å². The molecule has 0 spiro atoms. The molecule has 0 saturated heterocycles. The standard InChI is InChI=1S/C24H24FN3O4S/c1-18(2)32-22-14-8-19(9-15-22)16-26-27-24(29)17-28(21-12-10-20(25)11-13-21)33(30,31)23-6-4-3-5-7-23/h3-16,18H,17H2,1-2H3,(H,27,29)/b26-16-. The fraction of sp³-hybridized carbons (Fsp3) is 0.167. The van der Waals surface area contributed by atoms with E-state index in [0.29, 0.717) is 5.75 Å². The molecule has 172 valence electrons. The van der Waals surface area contributed by atoms with Crippen molar-refractivity contribution in [2.75, 3.05) is 10.8 Å². The van der Waals surface area contributed by atoms with Crippen molar-refractivity contribution in [2.45, 2.75) is 24.8 Å². The lowest BCUT2D eigenvalue weighted by Gasteiger charge is -2.23. The van der Waals surface area contributed by atoms with E-state index < -0.39 is 28.3 Å². The smallest absolute Gasteiger partial charge is 0.264 e. The Hall–Kier alpha value is -3.72. The molecule has 0 heterocycles. The Morgan fingerprint density at radius 2 is 1.67 bits per heavy atom. The van der Waals surface area contributed by atoms with Crippen LogP contribution in [0.5, 0.6) is 5.75 Å². The molecule has 1 N–H and O–H groups in total. The molecule has 1 amide bonds. The number of hydrogen-bond donors (Lipinski definition) is 1. The second-order valence-electron chi connectivity index (χ2n) is 7.33. The maximum atomic E-state index is 13.4. The SMILES string of the molecule is CC(C)Oc1ccc(/C=N\NC(=O)CN(c2ccc(F)cc2)S(=O)(=O)c2ccccc2)cc1. The number of carbonyl (C=O) groups is 1. The van der Waals surface area contributed by atoms with Crippen LogP contribution in [0.25, 0.3) is 0 Å². The molecule has 3 aromatic carbocycles. The molecule has 0 saturated carbocycles. The monoisotopic (exact) mass is 469 g/mol. The van der Waals surface area contributed by atoms with Crippen LogP contribution in [0.4, 0.5) is 10.1 Å². The maximum absolute atomic E-state index is 13.4. The molecule has 0 radical (unpaired) electrons. The largest absolute Gasteiger partial charge is 0.491 e. The Morgan fingerprint density at radius 1 is 1.03 bits per heavy atom. The fourth-order valence-corrected chi connectivity index (χ4v) is 4.33. The minimum absolute atomic E-state index is 0.00864. The summed E-state index contributed by atoms with van der Waals surface area (Å²) in [4.78, 5) is 12.5. The van der Waals surface area contributed by atoms with Gasteiger partial charge >= 0.3 is 0 Å². The minimum Gasteiger partial charge on any atom is -0.491 e. The van der Waals surface area contributed by atoms with Gasteiger partial charge in [-0.05, 0) is 80.1 Å². The molecule has 3 aromatic rings. The lowest BCUT2D eigenvalue weighted by atomic mass is 10.2. The molecule has 0 fully saturated rings. The fourth-order valence-electron chi connectivity index (χ4n) is 2.89. The summed E-state index contributed by atoms with van der Waals surface area (Å²) in [5.41, 5.74) is 3.21. The van der Waals surface area contributed by atoms with E-state index >= 15 is 0 Å². The van der Waals surface area contributed by atoms with Crippen LogP contribution < -0.4 is 14.5 Å². The number of benzene rings is 3. The van der Waals surface area contributed by atoms with E-state index in [1.165, 1.54) is 30.5 Å². The first-order valence-electron chi connectivity index (χ1n) is 10.2. The van der Waals surface area contributed by atoms with Crippen LogP contribution in [-0.2, 0) is 14.8 Å². The first kappa shape index (κ1) is 23.9. The lowest BCUT2D eigenvalue weighted by Crippen LogP contribution is -2.39. The highest BCUT2D eigenvalue weighted by Crippen LogP contribution is 2.23. The Bertz CT molecular complexity index is 1200. The van der Waals surface area contributed by atoms with Crippen LogP contribution in [0.15, 0.2) is 88.9 Å². The third-order valence-corrected chi connectivity index (χ3v) is 6.18. The summed E-state index contributed by atoms with van der Waals surface area (Å²) in [5.74, 6) is -0.461. The Morgan fingerprint density at radius 3 is 2.27 bits per heavy atom. The molecule has 0 aliphatic heterocycles. The van der Waals surface area contributed by atoms with Gasteiger partial charge in [-0.25, -0.2) is 18.2 Å². The Labute approximate surface area is 192 Å². The van der Waals surface area contributed by atoms with Crippen molar-refractivity contribution in [1.29, 1.82) is 0 Å². The van der Waals surface area contributed by atoms with Gasteiger partial charge in [-0.2, -0.15) is 5.10 Å². The Balaban J connectivity index is 1.74.